The minimum absolute atomic E-state index is 0.677. The third-order valence-electron chi connectivity index (χ3n) is 3.27. The molecule has 1 aliphatic rings. The number of rotatable bonds is 2. The van der Waals surface area contributed by atoms with E-state index in [1.54, 1.807) is 6.26 Å². The van der Waals surface area contributed by atoms with Crippen LogP contribution >= 0.6 is 0 Å². The topological polar surface area (TPSA) is 49.4 Å². The Hall–Kier alpha value is -2.25. The minimum atomic E-state index is 0.677. The normalized spacial score (nSPS) is 15.2. The Morgan fingerprint density at radius 3 is 2.68 bits per heavy atom. The average molecular weight is 254 g/mol. The predicted molar refractivity (Wildman–Crippen MR) is 71.9 cm³/mol. The SMILES string of the molecule is N#Cc1cc(-c2ccco2)ccc1N1CCOCC1. The van der Waals surface area contributed by atoms with Crippen molar-refractivity contribution in [2.75, 3.05) is 31.2 Å². The molecule has 4 nitrogen and oxygen atoms in total. The maximum atomic E-state index is 9.33. The van der Waals surface area contributed by atoms with Crippen molar-refractivity contribution in [2.24, 2.45) is 0 Å². The zero-order chi connectivity index (χ0) is 13.1. The summed E-state index contributed by atoms with van der Waals surface area (Å²) in [6.45, 7) is 3.08. The molecule has 0 bridgehead atoms. The first-order valence-corrected chi connectivity index (χ1v) is 6.29. The molecular weight excluding hydrogens is 240 g/mol. The van der Waals surface area contributed by atoms with E-state index in [1.807, 2.05) is 30.3 Å². The van der Waals surface area contributed by atoms with Crippen LogP contribution in [0.4, 0.5) is 5.69 Å². The lowest BCUT2D eigenvalue weighted by Crippen LogP contribution is -2.36. The maximum Gasteiger partial charge on any atom is 0.133 e. The molecule has 0 amide bonds. The summed E-state index contributed by atoms with van der Waals surface area (Å²) in [5, 5.41) is 9.33. The van der Waals surface area contributed by atoms with Gasteiger partial charge < -0.3 is 14.1 Å². The van der Waals surface area contributed by atoms with Crippen LogP contribution in [0.15, 0.2) is 41.0 Å². The highest BCUT2D eigenvalue weighted by Crippen LogP contribution is 2.27. The summed E-state index contributed by atoms with van der Waals surface area (Å²) in [6.07, 6.45) is 1.64. The molecule has 1 aromatic heterocycles. The Balaban J connectivity index is 1.96. The lowest BCUT2D eigenvalue weighted by molar-refractivity contribution is 0.122. The van der Waals surface area contributed by atoms with Crippen molar-refractivity contribution in [3.05, 3.63) is 42.2 Å². The molecule has 0 radical (unpaired) electrons. The van der Waals surface area contributed by atoms with E-state index in [9.17, 15) is 5.26 Å². The number of furan rings is 1. The van der Waals surface area contributed by atoms with E-state index in [4.69, 9.17) is 9.15 Å². The van der Waals surface area contributed by atoms with Crippen molar-refractivity contribution in [2.45, 2.75) is 0 Å². The molecule has 1 fully saturated rings. The molecule has 0 saturated carbocycles. The number of hydrogen-bond donors (Lipinski definition) is 0. The third-order valence-corrected chi connectivity index (χ3v) is 3.27. The first-order chi connectivity index (χ1) is 9.38. The number of morpholine rings is 1. The summed E-state index contributed by atoms with van der Waals surface area (Å²) < 4.78 is 10.7. The summed E-state index contributed by atoms with van der Waals surface area (Å²) in [4.78, 5) is 2.19. The Morgan fingerprint density at radius 1 is 1.16 bits per heavy atom. The van der Waals surface area contributed by atoms with Crippen molar-refractivity contribution < 1.29 is 9.15 Å². The van der Waals surface area contributed by atoms with E-state index < -0.39 is 0 Å². The number of anilines is 1. The Kier molecular flexibility index (Phi) is 3.21. The summed E-state index contributed by atoms with van der Waals surface area (Å²) in [5.41, 5.74) is 2.58. The van der Waals surface area contributed by atoms with Gasteiger partial charge in [0.25, 0.3) is 0 Å². The van der Waals surface area contributed by atoms with Crippen LogP contribution in [0.1, 0.15) is 5.56 Å². The van der Waals surface area contributed by atoms with Crippen molar-refractivity contribution in [1.29, 1.82) is 5.26 Å². The quantitative estimate of drug-likeness (QED) is 0.826. The van der Waals surface area contributed by atoms with E-state index in [0.29, 0.717) is 18.8 Å². The van der Waals surface area contributed by atoms with Gasteiger partial charge in [0.2, 0.25) is 0 Å². The van der Waals surface area contributed by atoms with Crippen molar-refractivity contribution in [1.82, 2.24) is 0 Å². The smallest absolute Gasteiger partial charge is 0.133 e. The fourth-order valence-electron chi connectivity index (χ4n) is 2.30. The first-order valence-electron chi connectivity index (χ1n) is 6.29. The number of nitriles is 1. The van der Waals surface area contributed by atoms with Crippen LogP contribution in [0.5, 0.6) is 0 Å². The van der Waals surface area contributed by atoms with Gasteiger partial charge in [-0.15, -0.1) is 0 Å². The van der Waals surface area contributed by atoms with Gasteiger partial charge in [-0.2, -0.15) is 5.26 Å². The molecule has 1 saturated heterocycles. The van der Waals surface area contributed by atoms with E-state index in [-0.39, 0.29) is 0 Å². The number of ether oxygens (including phenoxy) is 1. The second-order valence-corrected chi connectivity index (χ2v) is 4.42. The molecule has 0 atom stereocenters. The van der Waals surface area contributed by atoms with Gasteiger partial charge in [0.15, 0.2) is 0 Å². The Morgan fingerprint density at radius 2 is 2.00 bits per heavy atom. The van der Waals surface area contributed by atoms with Crippen LogP contribution in [0.25, 0.3) is 11.3 Å². The van der Waals surface area contributed by atoms with Crippen molar-refractivity contribution in [3.63, 3.8) is 0 Å². The maximum absolute atomic E-state index is 9.33. The van der Waals surface area contributed by atoms with Crippen LogP contribution in [0.3, 0.4) is 0 Å². The molecule has 0 unspecified atom stereocenters. The standard InChI is InChI=1S/C15H14N2O2/c16-11-13-10-12(15-2-1-7-19-15)3-4-14(13)17-5-8-18-9-6-17/h1-4,7,10H,5-6,8-9H2. The third kappa shape index (κ3) is 2.33. The molecule has 19 heavy (non-hydrogen) atoms. The largest absolute Gasteiger partial charge is 0.464 e. The van der Waals surface area contributed by atoms with Crippen LogP contribution < -0.4 is 4.90 Å². The second kappa shape index (κ2) is 5.17. The van der Waals surface area contributed by atoms with E-state index in [0.717, 1.165) is 30.1 Å². The molecule has 2 aromatic rings. The summed E-state index contributed by atoms with van der Waals surface area (Å²) >= 11 is 0. The van der Waals surface area contributed by atoms with E-state index in [1.165, 1.54) is 0 Å². The molecule has 96 valence electrons. The van der Waals surface area contributed by atoms with Gasteiger partial charge in [-0.05, 0) is 30.3 Å². The summed E-state index contributed by atoms with van der Waals surface area (Å²) in [7, 11) is 0. The van der Waals surface area contributed by atoms with Gasteiger partial charge in [0.1, 0.15) is 11.8 Å². The zero-order valence-corrected chi connectivity index (χ0v) is 10.5. The molecule has 0 spiro atoms. The fourth-order valence-corrected chi connectivity index (χ4v) is 2.30. The average Bonchev–Trinajstić information content (AvgIpc) is 3.02. The summed E-state index contributed by atoms with van der Waals surface area (Å²) in [6, 6.07) is 11.9. The Bertz CT molecular complexity index is 593. The molecule has 3 rings (SSSR count). The Labute approximate surface area is 111 Å². The first kappa shape index (κ1) is 11.8. The van der Waals surface area contributed by atoms with Gasteiger partial charge in [-0.25, -0.2) is 0 Å². The van der Waals surface area contributed by atoms with Gasteiger partial charge in [0, 0.05) is 18.7 Å². The molecule has 1 aromatic carbocycles. The van der Waals surface area contributed by atoms with Crippen molar-refractivity contribution >= 4 is 5.69 Å². The highest BCUT2D eigenvalue weighted by Gasteiger charge is 2.15. The number of nitrogens with zero attached hydrogens (tertiary/aromatic N) is 2. The molecule has 2 heterocycles. The molecular formula is C15H14N2O2. The van der Waals surface area contributed by atoms with Crippen LogP contribution in [0, 0.1) is 11.3 Å². The molecule has 1 aliphatic heterocycles. The summed E-state index contributed by atoms with van der Waals surface area (Å²) in [5.74, 6) is 0.782. The molecule has 0 aliphatic carbocycles. The van der Waals surface area contributed by atoms with Crippen LogP contribution in [-0.2, 0) is 4.74 Å². The van der Waals surface area contributed by atoms with Gasteiger partial charge in [-0.1, -0.05) is 0 Å². The molecule has 0 N–H and O–H groups in total. The van der Waals surface area contributed by atoms with Gasteiger partial charge in [0.05, 0.1) is 30.7 Å². The van der Waals surface area contributed by atoms with E-state index in [2.05, 4.69) is 11.0 Å². The van der Waals surface area contributed by atoms with Gasteiger partial charge in [-0.3, -0.25) is 0 Å². The van der Waals surface area contributed by atoms with Gasteiger partial charge >= 0.3 is 0 Å². The zero-order valence-electron chi connectivity index (χ0n) is 10.5. The monoisotopic (exact) mass is 254 g/mol. The molecule has 4 heteroatoms. The second-order valence-electron chi connectivity index (χ2n) is 4.42. The van der Waals surface area contributed by atoms with E-state index >= 15 is 0 Å². The van der Waals surface area contributed by atoms with Crippen LogP contribution in [-0.4, -0.2) is 26.3 Å². The predicted octanol–water partition coefficient (Wildman–Crippen LogP) is 2.65. The highest BCUT2D eigenvalue weighted by molar-refractivity contribution is 5.69. The van der Waals surface area contributed by atoms with Crippen LogP contribution in [0.2, 0.25) is 0 Å². The number of benzene rings is 1. The lowest BCUT2D eigenvalue weighted by Gasteiger charge is -2.29. The highest BCUT2D eigenvalue weighted by atomic mass is 16.5. The minimum Gasteiger partial charge on any atom is -0.464 e. The lowest BCUT2D eigenvalue weighted by atomic mass is 10.1. The van der Waals surface area contributed by atoms with Crippen molar-refractivity contribution in [3.8, 4) is 17.4 Å². The number of hydrogen-bond acceptors (Lipinski definition) is 4. The fraction of sp³-hybridized carbons (Fsp3) is 0.267.